The summed E-state index contributed by atoms with van der Waals surface area (Å²) < 4.78 is 0. The van der Waals surface area contributed by atoms with Gasteiger partial charge in [0.25, 0.3) is 0 Å². The summed E-state index contributed by atoms with van der Waals surface area (Å²) in [6, 6.07) is 3.81. The zero-order chi connectivity index (χ0) is 11.3. The number of oxime groups is 1. The van der Waals surface area contributed by atoms with Gasteiger partial charge in [-0.1, -0.05) is 11.2 Å². The van der Waals surface area contributed by atoms with Gasteiger partial charge >= 0.3 is 0 Å². The van der Waals surface area contributed by atoms with E-state index in [-0.39, 0.29) is 24.2 Å². The van der Waals surface area contributed by atoms with E-state index in [1.54, 1.807) is 11.3 Å². The molecular formula is C9H13N3O2S. The maximum absolute atomic E-state index is 11.3. The minimum absolute atomic E-state index is 0.0519. The van der Waals surface area contributed by atoms with Gasteiger partial charge in [-0.15, -0.1) is 11.3 Å². The van der Waals surface area contributed by atoms with Crippen LogP contribution in [0.15, 0.2) is 22.7 Å². The van der Waals surface area contributed by atoms with Crippen LogP contribution < -0.4 is 11.1 Å². The normalized spacial score (nSPS) is 13.5. The highest BCUT2D eigenvalue weighted by Crippen LogP contribution is 2.17. The molecule has 1 amide bonds. The SMILES string of the molecule is CC(NC(=O)C/C(N)=N/O)c1cccs1. The molecule has 6 heteroatoms. The van der Waals surface area contributed by atoms with Gasteiger partial charge in [0.2, 0.25) is 5.91 Å². The average Bonchev–Trinajstić information content (AvgIpc) is 2.70. The van der Waals surface area contributed by atoms with Crippen molar-refractivity contribution in [1.82, 2.24) is 5.32 Å². The van der Waals surface area contributed by atoms with Gasteiger partial charge in [-0.3, -0.25) is 4.79 Å². The first kappa shape index (κ1) is 11.5. The van der Waals surface area contributed by atoms with Crippen molar-refractivity contribution >= 4 is 23.1 Å². The average molecular weight is 227 g/mol. The second-order valence-corrected chi connectivity index (χ2v) is 4.05. The van der Waals surface area contributed by atoms with Gasteiger partial charge in [-0.25, -0.2) is 0 Å². The van der Waals surface area contributed by atoms with Gasteiger partial charge in [-0.05, 0) is 18.4 Å². The molecule has 0 fully saturated rings. The number of carbonyl (C=O) groups is 1. The lowest BCUT2D eigenvalue weighted by Crippen LogP contribution is -2.30. The van der Waals surface area contributed by atoms with E-state index in [1.165, 1.54) is 0 Å². The summed E-state index contributed by atoms with van der Waals surface area (Å²) in [7, 11) is 0. The molecule has 4 N–H and O–H groups in total. The third kappa shape index (κ3) is 3.59. The lowest BCUT2D eigenvalue weighted by Gasteiger charge is -2.11. The minimum Gasteiger partial charge on any atom is -0.409 e. The number of thiophene rings is 1. The van der Waals surface area contributed by atoms with E-state index in [9.17, 15) is 4.79 Å². The Hall–Kier alpha value is -1.56. The number of nitrogens with zero attached hydrogens (tertiary/aromatic N) is 1. The zero-order valence-corrected chi connectivity index (χ0v) is 9.12. The first-order valence-electron chi connectivity index (χ1n) is 4.42. The van der Waals surface area contributed by atoms with E-state index in [0.29, 0.717) is 0 Å². The summed E-state index contributed by atoms with van der Waals surface area (Å²) in [5.74, 6) is -0.350. The van der Waals surface area contributed by atoms with Crippen molar-refractivity contribution in [3.63, 3.8) is 0 Å². The highest BCUT2D eigenvalue weighted by Gasteiger charge is 2.11. The first-order valence-corrected chi connectivity index (χ1v) is 5.30. The van der Waals surface area contributed by atoms with Crippen LogP contribution in [0.25, 0.3) is 0 Å². The van der Waals surface area contributed by atoms with Crippen molar-refractivity contribution in [2.75, 3.05) is 0 Å². The van der Waals surface area contributed by atoms with Crippen molar-refractivity contribution in [2.24, 2.45) is 10.9 Å². The molecule has 0 aromatic carbocycles. The van der Waals surface area contributed by atoms with Crippen LogP contribution in [0.1, 0.15) is 24.3 Å². The van der Waals surface area contributed by atoms with E-state index < -0.39 is 0 Å². The number of carbonyl (C=O) groups excluding carboxylic acids is 1. The molecule has 0 aliphatic rings. The maximum Gasteiger partial charge on any atom is 0.228 e. The molecule has 0 saturated carbocycles. The molecule has 0 radical (unpaired) electrons. The summed E-state index contributed by atoms with van der Waals surface area (Å²) >= 11 is 1.57. The molecule has 0 aliphatic heterocycles. The van der Waals surface area contributed by atoms with Crippen LogP contribution in [-0.4, -0.2) is 17.0 Å². The van der Waals surface area contributed by atoms with Crippen LogP contribution in [-0.2, 0) is 4.79 Å². The predicted molar refractivity (Wildman–Crippen MR) is 58.9 cm³/mol. The molecule has 0 bridgehead atoms. The standard InChI is InChI=1S/C9H13N3O2S/c1-6(7-3-2-4-15-7)11-9(13)5-8(10)12-14/h2-4,6,14H,5H2,1H3,(H2,10,12)(H,11,13). The molecule has 5 nitrogen and oxygen atoms in total. The summed E-state index contributed by atoms with van der Waals surface area (Å²) in [5.41, 5.74) is 5.21. The Morgan fingerprint density at radius 2 is 2.53 bits per heavy atom. The number of hydrogen-bond acceptors (Lipinski definition) is 4. The maximum atomic E-state index is 11.3. The first-order chi connectivity index (χ1) is 7.13. The van der Waals surface area contributed by atoms with E-state index in [2.05, 4.69) is 10.5 Å². The quantitative estimate of drug-likeness (QED) is 0.311. The molecule has 1 rings (SSSR count). The van der Waals surface area contributed by atoms with Crippen molar-refractivity contribution in [3.05, 3.63) is 22.4 Å². The lowest BCUT2D eigenvalue weighted by molar-refractivity contribution is -0.120. The molecule has 82 valence electrons. The Morgan fingerprint density at radius 1 is 1.80 bits per heavy atom. The van der Waals surface area contributed by atoms with Crippen molar-refractivity contribution in [2.45, 2.75) is 19.4 Å². The van der Waals surface area contributed by atoms with Crippen LogP contribution in [0, 0.1) is 0 Å². The fourth-order valence-electron chi connectivity index (χ4n) is 1.10. The van der Waals surface area contributed by atoms with Gasteiger partial charge < -0.3 is 16.3 Å². The van der Waals surface area contributed by atoms with E-state index >= 15 is 0 Å². The Kier molecular flexibility index (Phi) is 4.11. The number of amides is 1. The Morgan fingerprint density at radius 3 is 3.07 bits per heavy atom. The van der Waals surface area contributed by atoms with E-state index in [4.69, 9.17) is 10.9 Å². The van der Waals surface area contributed by atoms with E-state index in [0.717, 1.165) is 4.88 Å². The second-order valence-electron chi connectivity index (χ2n) is 3.07. The third-order valence-electron chi connectivity index (χ3n) is 1.82. The molecule has 0 aliphatic carbocycles. The predicted octanol–water partition coefficient (Wildman–Crippen LogP) is 1.06. The summed E-state index contributed by atoms with van der Waals surface area (Å²) in [4.78, 5) is 12.4. The molecule has 1 heterocycles. The van der Waals surface area contributed by atoms with Gasteiger partial charge in [0.1, 0.15) is 5.84 Å². The molecule has 1 unspecified atom stereocenters. The summed E-state index contributed by atoms with van der Waals surface area (Å²) in [5, 5.41) is 15.7. The number of rotatable bonds is 4. The number of hydrogen-bond donors (Lipinski definition) is 3. The van der Waals surface area contributed by atoms with Crippen molar-refractivity contribution in [1.29, 1.82) is 0 Å². The highest BCUT2D eigenvalue weighted by atomic mass is 32.1. The van der Waals surface area contributed by atoms with Gasteiger partial charge in [0, 0.05) is 4.88 Å². The molecule has 1 atom stereocenters. The number of nitrogens with two attached hydrogens (primary N) is 1. The van der Waals surface area contributed by atoms with Gasteiger partial charge in [0.15, 0.2) is 0 Å². The summed E-state index contributed by atoms with van der Waals surface area (Å²) in [6.07, 6.45) is -0.0911. The number of nitrogens with one attached hydrogen (secondary N) is 1. The lowest BCUT2D eigenvalue weighted by atomic mass is 10.2. The zero-order valence-electron chi connectivity index (χ0n) is 8.30. The summed E-state index contributed by atoms with van der Waals surface area (Å²) in [6.45, 7) is 1.88. The van der Waals surface area contributed by atoms with Crippen LogP contribution in [0.2, 0.25) is 0 Å². The third-order valence-corrected chi connectivity index (χ3v) is 2.87. The molecule has 0 saturated heterocycles. The Bertz CT molecular complexity index is 348. The monoisotopic (exact) mass is 227 g/mol. The Balaban J connectivity index is 2.45. The number of amidine groups is 1. The fourth-order valence-corrected chi connectivity index (χ4v) is 1.84. The molecular weight excluding hydrogens is 214 g/mol. The van der Waals surface area contributed by atoms with Crippen molar-refractivity contribution < 1.29 is 10.0 Å². The molecule has 0 spiro atoms. The fraction of sp³-hybridized carbons (Fsp3) is 0.333. The minimum atomic E-state index is -0.258. The van der Waals surface area contributed by atoms with Gasteiger partial charge in [-0.2, -0.15) is 0 Å². The second kappa shape index (κ2) is 5.35. The molecule has 1 aromatic rings. The van der Waals surface area contributed by atoms with E-state index in [1.807, 2.05) is 24.4 Å². The van der Waals surface area contributed by atoms with Gasteiger partial charge in [0.05, 0.1) is 12.5 Å². The topological polar surface area (TPSA) is 87.7 Å². The van der Waals surface area contributed by atoms with Crippen molar-refractivity contribution in [3.8, 4) is 0 Å². The molecule has 1 aromatic heterocycles. The highest BCUT2D eigenvalue weighted by molar-refractivity contribution is 7.10. The smallest absolute Gasteiger partial charge is 0.228 e. The largest absolute Gasteiger partial charge is 0.409 e. The van der Waals surface area contributed by atoms with Crippen LogP contribution in [0.4, 0.5) is 0 Å². The Labute approximate surface area is 91.6 Å². The van der Waals surface area contributed by atoms with Crippen LogP contribution in [0.3, 0.4) is 0 Å². The molecule has 15 heavy (non-hydrogen) atoms. The van der Waals surface area contributed by atoms with Crippen LogP contribution >= 0.6 is 11.3 Å². The van der Waals surface area contributed by atoms with Crippen LogP contribution in [0.5, 0.6) is 0 Å².